The van der Waals surface area contributed by atoms with E-state index in [1.54, 1.807) is 0 Å². The number of anilines is 1. The molecular weight excluding hydrogens is 278 g/mol. The largest absolute Gasteiger partial charge is 0.374 e. The Hall–Kier alpha value is -1.72. The summed E-state index contributed by atoms with van der Waals surface area (Å²) in [5.74, 6) is -1.17. The van der Waals surface area contributed by atoms with Crippen LogP contribution >= 0.6 is 0 Å². The highest BCUT2D eigenvalue weighted by atomic mass is 19.1. The van der Waals surface area contributed by atoms with Gasteiger partial charge in [0.15, 0.2) is 5.82 Å². The first-order valence-electron chi connectivity index (χ1n) is 7.41. The molecule has 1 aliphatic carbocycles. The lowest BCUT2D eigenvalue weighted by molar-refractivity contribution is -0.384. The molecule has 0 bridgehead atoms. The fourth-order valence-electron chi connectivity index (χ4n) is 2.98. The van der Waals surface area contributed by atoms with Crippen LogP contribution in [0.1, 0.15) is 45.4 Å². The number of halogens is 2. The molecule has 0 saturated heterocycles. The molecule has 0 aliphatic heterocycles. The van der Waals surface area contributed by atoms with Gasteiger partial charge in [0.2, 0.25) is 0 Å². The van der Waals surface area contributed by atoms with Crippen LogP contribution in [0.2, 0.25) is 0 Å². The first-order valence-corrected chi connectivity index (χ1v) is 7.41. The maximum Gasteiger partial charge on any atom is 0.298 e. The number of nitro groups is 1. The summed E-state index contributed by atoms with van der Waals surface area (Å²) in [6.45, 7) is 2.16. The molecule has 0 spiro atoms. The van der Waals surface area contributed by atoms with E-state index in [1.807, 2.05) is 0 Å². The van der Waals surface area contributed by atoms with E-state index < -0.39 is 22.2 Å². The number of nitro benzene ring substituents is 1. The van der Waals surface area contributed by atoms with Crippen molar-refractivity contribution in [3.63, 3.8) is 0 Å². The standard InChI is InChI=1S/C15H20F2N2O2/c1-2-10-4-3-5-12(7-6-10)18-15-13(17)8-11(16)9-14(15)19(20)21/h8-10,12,18H,2-7H2,1H3. The van der Waals surface area contributed by atoms with E-state index in [4.69, 9.17) is 0 Å². The van der Waals surface area contributed by atoms with Crippen molar-refractivity contribution in [3.8, 4) is 0 Å². The predicted molar refractivity (Wildman–Crippen MR) is 77.3 cm³/mol. The number of hydrogen-bond donors (Lipinski definition) is 1. The minimum atomic E-state index is -0.934. The maximum absolute atomic E-state index is 13.9. The van der Waals surface area contributed by atoms with E-state index in [9.17, 15) is 18.9 Å². The van der Waals surface area contributed by atoms with E-state index in [1.165, 1.54) is 0 Å². The number of nitrogens with zero attached hydrogens (tertiary/aromatic N) is 1. The highest BCUT2D eigenvalue weighted by Gasteiger charge is 2.24. The minimum Gasteiger partial charge on any atom is -0.374 e. The van der Waals surface area contributed by atoms with E-state index in [2.05, 4.69) is 12.2 Å². The van der Waals surface area contributed by atoms with Gasteiger partial charge in [0, 0.05) is 12.1 Å². The van der Waals surface area contributed by atoms with Crippen molar-refractivity contribution < 1.29 is 13.7 Å². The van der Waals surface area contributed by atoms with Gasteiger partial charge in [-0.3, -0.25) is 10.1 Å². The molecule has 4 nitrogen and oxygen atoms in total. The summed E-state index contributed by atoms with van der Waals surface area (Å²) in [6.07, 6.45) is 6.02. The first kappa shape index (κ1) is 15.7. The molecular formula is C15H20F2N2O2. The molecule has 1 N–H and O–H groups in total. The molecule has 0 aromatic heterocycles. The molecule has 1 aliphatic rings. The van der Waals surface area contributed by atoms with Crippen molar-refractivity contribution in [1.29, 1.82) is 0 Å². The van der Waals surface area contributed by atoms with Crippen LogP contribution in [0.15, 0.2) is 12.1 Å². The molecule has 6 heteroatoms. The van der Waals surface area contributed by atoms with Gasteiger partial charge in [0.1, 0.15) is 11.5 Å². The number of hydrogen-bond acceptors (Lipinski definition) is 3. The topological polar surface area (TPSA) is 55.2 Å². The molecule has 0 heterocycles. The second-order valence-corrected chi connectivity index (χ2v) is 5.66. The molecule has 21 heavy (non-hydrogen) atoms. The molecule has 2 unspecified atom stereocenters. The molecule has 1 saturated carbocycles. The zero-order valence-corrected chi connectivity index (χ0v) is 12.1. The Bertz CT molecular complexity index is 523. The predicted octanol–water partition coefficient (Wildman–Crippen LogP) is 4.64. The van der Waals surface area contributed by atoms with Gasteiger partial charge in [-0.1, -0.05) is 26.2 Å². The first-order chi connectivity index (χ1) is 10.0. The molecule has 2 atom stereocenters. The monoisotopic (exact) mass is 298 g/mol. The number of nitrogens with one attached hydrogen (secondary N) is 1. The fraction of sp³-hybridized carbons (Fsp3) is 0.600. The van der Waals surface area contributed by atoms with Crippen LogP contribution in [0.3, 0.4) is 0 Å². The van der Waals surface area contributed by atoms with E-state index in [0.717, 1.165) is 44.6 Å². The van der Waals surface area contributed by atoms with Crippen molar-refractivity contribution >= 4 is 11.4 Å². The lowest BCUT2D eigenvalue weighted by Gasteiger charge is -2.18. The summed E-state index contributed by atoms with van der Waals surface area (Å²) >= 11 is 0. The Morgan fingerprint density at radius 1 is 1.29 bits per heavy atom. The van der Waals surface area contributed by atoms with Crippen molar-refractivity contribution in [3.05, 3.63) is 33.9 Å². The molecule has 116 valence electrons. The summed E-state index contributed by atoms with van der Waals surface area (Å²) in [6, 6.07) is 1.44. The average molecular weight is 298 g/mol. The van der Waals surface area contributed by atoms with Gasteiger partial charge in [0.25, 0.3) is 5.69 Å². The van der Waals surface area contributed by atoms with Crippen LogP contribution in [0.4, 0.5) is 20.2 Å². The summed E-state index contributed by atoms with van der Waals surface area (Å²) in [7, 11) is 0. The molecule has 1 fully saturated rings. The van der Waals surface area contributed by atoms with Gasteiger partial charge in [-0.05, 0) is 25.2 Å². The Labute approximate surface area is 122 Å². The van der Waals surface area contributed by atoms with Crippen LogP contribution in [0, 0.1) is 27.7 Å². The van der Waals surface area contributed by atoms with Crippen LogP contribution in [0.5, 0.6) is 0 Å². The molecule has 1 aromatic rings. The zero-order chi connectivity index (χ0) is 15.4. The highest BCUT2D eigenvalue weighted by Crippen LogP contribution is 2.32. The molecule has 1 aromatic carbocycles. The van der Waals surface area contributed by atoms with Gasteiger partial charge in [-0.2, -0.15) is 0 Å². The lowest BCUT2D eigenvalue weighted by Crippen LogP contribution is -2.20. The second kappa shape index (κ2) is 6.83. The Morgan fingerprint density at radius 2 is 2.05 bits per heavy atom. The quantitative estimate of drug-likeness (QED) is 0.500. The number of benzene rings is 1. The van der Waals surface area contributed by atoms with Crippen molar-refractivity contribution in [2.45, 2.75) is 51.5 Å². The summed E-state index contributed by atoms with van der Waals surface area (Å²) < 4.78 is 27.0. The van der Waals surface area contributed by atoms with Crippen LogP contribution < -0.4 is 5.32 Å². The molecule has 0 radical (unpaired) electrons. The molecule has 0 amide bonds. The van der Waals surface area contributed by atoms with E-state index in [0.29, 0.717) is 12.0 Å². The number of rotatable bonds is 4. The highest BCUT2D eigenvalue weighted by molar-refractivity contribution is 5.62. The van der Waals surface area contributed by atoms with Gasteiger partial charge in [-0.15, -0.1) is 0 Å². The summed E-state index contributed by atoms with van der Waals surface area (Å²) in [5.41, 5.74) is -0.731. The SMILES string of the molecule is CCC1CCCC(Nc2c(F)cc(F)cc2[N+](=O)[O-])CC1. The Balaban J connectivity index is 2.17. The zero-order valence-electron chi connectivity index (χ0n) is 12.1. The Morgan fingerprint density at radius 3 is 2.71 bits per heavy atom. The smallest absolute Gasteiger partial charge is 0.298 e. The normalized spacial score (nSPS) is 22.6. The van der Waals surface area contributed by atoms with E-state index in [-0.39, 0.29) is 11.7 Å². The van der Waals surface area contributed by atoms with Gasteiger partial charge < -0.3 is 5.32 Å². The Kier molecular flexibility index (Phi) is 5.09. The van der Waals surface area contributed by atoms with Crippen molar-refractivity contribution in [2.75, 3.05) is 5.32 Å². The minimum absolute atomic E-state index is 0.000196. The van der Waals surface area contributed by atoms with Crippen molar-refractivity contribution in [2.24, 2.45) is 5.92 Å². The van der Waals surface area contributed by atoms with Gasteiger partial charge >= 0.3 is 0 Å². The lowest BCUT2D eigenvalue weighted by atomic mass is 9.98. The third-order valence-corrected chi connectivity index (χ3v) is 4.25. The fourth-order valence-corrected chi connectivity index (χ4v) is 2.98. The third-order valence-electron chi connectivity index (χ3n) is 4.25. The third kappa shape index (κ3) is 3.89. The average Bonchev–Trinajstić information content (AvgIpc) is 2.66. The summed E-state index contributed by atoms with van der Waals surface area (Å²) in [4.78, 5) is 10.2. The molecule has 2 rings (SSSR count). The van der Waals surface area contributed by atoms with Gasteiger partial charge in [-0.25, -0.2) is 8.78 Å². The maximum atomic E-state index is 13.9. The van der Waals surface area contributed by atoms with Crippen LogP contribution in [-0.4, -0.2) is 11.0 Å². The van der Waals surface area contributed by atoms with E-state index >= 15 is 0 Å². The van der Waals surface area contributed by atoms with Gasteiger partial charge in [0.05, 0.1) is 11.0 Å². The summed E-state index contributed by atoms with van der Waals surface area (Å²) in [5, 5.41) is 13.9. The second-order valence-electron chi connectivity index (χ2n) is 5.66. The van der Waals surface area contributed by atoms with Crippen LogP contribution in [-0.2, 0) is 0 Å². The van der Waals surface area contributed by atoms with Crippen LogP contribution in [0.25, 0.3) is 0 Å². The van der Waals surface area contributed by atoms with Crippen molar-refractivity contribution in [1.82, 2.24) is 0 Å².